The number of rotatable bonds is 5. The third kappa shape index (κ3) is 3.05. The maximum atomic E-state index is 12.5. The van der Waals surface area contributed by atoms with E-state index in [-0.39, 0.29) is 23.4 Å². The van der Waals surface area contributed by atoms with Gasteiger partial charge in [-0.1, -0.05) is 0 Å². The number of nitrogens with two attached hydrogens (primary N) is 1. The van der Waals surface area contributed by atoms with E-state index in [9.17, 15) is 8.42 Å². The summed E-state index contributed by atoms with van der Waals surface area (Å²) in [5.74, 6) is 0.201. The molecule has 6 nitrogen and oxygen atoms in total. The van der Waals surface area contributed by atoms with E-state index >= 15 is 0 Å². The van der Waals surface area contributed by atoms with Crippen LogP contribution in [0.4, 0.5) is 5.82 Å². The van der Waals surface area contributed by atoms with Crippen LogP contribution in [0.2, 0.25) is 0 Å². The number of aromatic nitrogens is 1. The highest BCUT2D eigenvalue weighted by Gasteiger charge is 2.34. The minimum absolute atomic E-state index is 0.0217. The monoisotopic (exact) mass is 285 g/mol. The van der Waals surface area contributed by atoms with Crippen LogP contribution in [-0.4, -0.2) is 42.0 Å². The Morgan fingerprint density at radius 3 is 3.00 bits per heavy atom. The molecule has 1 fully saturated rings. The van der Waals surface area contributed by atoms with Crippen molar-refractivity contribution in [3.8, 4) is 0 Å². The zero-order chi connectivity index (χ0) is 13.9. The fourth-order valence-corrected chi connectivity index (χ4v) is 4.21. The van der Waals surface area contributed by atoms with Gasteiger partial charge >= 0.3 is 0 Å². The number of nitrogen functional groups attached to an aromatic ring is 1. The lowest BCUT2D eigenvalue weighted by Crippen LogP contribution is -2.35. The van der Waals surface area contributed by atoms with Crippen molar-refractivity contribution in [1.29, 1.82) is 0 Å². The van der Waals surface area contributed by atoms with E-state index in [0.29, 0.717) is 19.4 Å². The lowest BCUT2D eigenvalue weighted by Gasteiger charge is -2.23. The second-order valence-corrected chi connectivity index (χ2v) is 6.58. The predicted molar refractivity (Wildman–Crippen MR) is 71.9 cm³/mol. The topological polar surface area (TPSA) is 96.5 Å². The summed E-state index contributed by atoms with van der Waals surface area (Å²) in [5.41, 5.74) is 5.54. The Morgan fingerprint density at radius 1 is 1.53 bits per heavy atom. The molecule has 0 aliphatic carbocycles. The number of sulfonamides is 1. The van der Waals surface area contributed by atoms with Crippen molar-refractivity contribution in [2.75, 3.05) is 18.9 Å². The first-order valence-corrected chi connectivity index (χ1v) is 7.84. The molecule has 2 heterocycles. The van der Waals surface area contributed by atoms with Crippen LogP contribution in [0.3, 0.4) is 0 Å². The molecular formula is C12H19N3O3S. The molecule has 0 bridgehead atoms. The molecule has 1 aliphatic rings. The maximum Gasteiger partial charge on any atom is 0.243 e. The SMILES string of the molecule is Nc1cc(S(=O)(=O)N2CCCC2CCCO)ccn1. The number of nitrogens with zero attached hydrogens (tertiary/aromatic N) is 2. The molecule has 3 N–H and O–H groups in total. The Balaban J connectivity index is 2.23. The maximum absolute atomic E-state index is 12.5. The fraction of sp³-hybridized carbons (Fsp3) is 0.583. The van der Waals surface area contributed by atoms with Crippen molar-refractivity contribution in [2.24, 2.45) is 0 Å². The molecule has 1 aliphatic heterocycles. The van der Waals surface area contributed by atoms with Gasteiger partial charge < -0.3 is 10.8 Å². The second-order valence-electron chi connectivity index (χ2n) is 4.69. The van der Waals surface area contributed by atoms with Crippen molar-refractivity contribution in [3.63, 3.8) is 0 Å². The van der Waals surface area contributed by atoms with E-state index in [1.165, 1.54) is 22.6 Å². The van der Waals surface area contributed by atoms with Gasteiger partial charge in [0.2, 0.25) is 10.0 Å². The summed E-state index contributed by atoms with van der Waals surface area (Å²) in [7, 11) is -3.51. The van der Waals surface area contributed by atoms with Gasteiger partial charge in [0.05, 0.1) is 4.90 Å². The minimum atomic E-state index is -3.51. The molecule has 7 heteroatoms. The normalized spacial score (nSPS) is 20.8. The van der Waals surface area contributed by atoms with Gasteiger partial charge in [-0.15, -0.1) is 0 Å². The smallest absolute Gasteiger partial charge is 0.243 e. The van der Waals surface area contributed by atoms with Gasteiger partial charge in [-0.05, 0) is 31.7 Å². The Labute approximate surface area is 113 Å². The Kier molecular flexibility index (Phi) is 4.38. The van der Waals surface area contributed by atoms with Gasteiger partial charge in [-0.25, -0.2) is 13.4 Å². The van der Waals surface area contributed by atoms with Crippen LogP contribution < -0.4 is 5.73 Å². The van der Waals surface area contributed by atoms with E-state index in [1.54, 1.807) is 0 Å². The van der Waals surface area contributed by atoms with Crippen LogP contribution in [-0.2, 0) is 10.0 Å². The summed E-state index contributed by atoms with van der Waals surface area (Å²) in [6, 6.07) is 2.83. The summed E-state index contributed by atoms with van der Waals surface area (Å²) in [5, 5.41) is 8.88. The van der Waals surface area contributed by atoms with Crippen LogP contribution in [0.5, 0.6) is 0 Å². The molecule has 0 radical (unpaired) electrons. The lowest BCUT2D eigenvalue weighted by atomic mass is 10.1. The summed E-state index contributed by atoms with van der Waals surface area (Å²) in [6.45, 7) is 0.618. The molecule has 1 aromatic rings. The quantitative estimate of drug-likeness (QED) is 0.825. The molecule has 0 amide bonds. The highest BCUT2D eigenvalue weighted by Crippen LogP contribution is 2.28. The zero-order valence-corrected chi connectivity index (χ0v) is 11.5. The Bertz CT molecular complexity index is 533. The molecule has 0 spiro atoms. The van der Waals surface area contributed by atoms with E-state index in [4.69, 9.17) is 10.8 Å². The molecule has 1 unspecified atom stereocenters. The van der Waals surface area contributed by atoms with Crippen molar-refractivity contribution >= 4 is 15.8 Å². The number of aliphatic hydroxyl groups excluding tert-OH is 1. The lowest BCUT2D eigenvalue weighted by molar-refractivity contribution is 0.264. The average Bonchev–Trinajstić information content (AvgIpc) is 2.85. The van der Waals surface area contributed by atoms with Crippen LogP contribution in [0.15, 0.2) is 23.2 Å². The first-order valence-electron chi connectivity index (χ1n) is 6.40. The second kappa shape index (κ2) is 5.85. The molecule has 19 heavy (non-hydrogen) atoms. The molecule has 1 atom stereocenters. The van der Waals surface area contributed by atoms with E-state index in [0.717, 1.165) is 12.8 Å². The molecule has 1 saturated heterocycles. The third-order valence-electron chi connectivity index (χ3n) is 3.38. The number of pyridine rings is 1. The average molecular weight is 285 g/mol. The van der Waals surface area contributed by atoms with Gasteiger partial charge in [-0.3, -0.25) is 0 Å². The highest BCUT2D eigenvalue weighted by molar-refractivity contribution is 7.89. The Hall–Kier alpha value is -1.18. The zero-order valence-electron chi connectivity index (χ0n) is 10.7. The van der Waals surface area contributed by atoms with Crippen molar-refractivity contribution in [1.82, 2.24) is 9.29 Å². The number of hydrogen-bond donors (Lipinski definition) is 2. The van der Waals surface area contributed by atoms with Gasteiger partial charge in [0.15, 0.2) is 0 Å². The molecule has 106 valence electrons. The Morgan fingerprint density at radius 2 is 2.32 bits per heavy atom. The van der Waals surface area contributed by atoms with E-state index in [1.807, 2.05) is 0 Å². The minimum Gasteiger partial charge on any atom is -0.396 e. The molecular weight excluding hydrogens is 266 g/mol. The van der Waals surface area contributed by atoms with E-state index < -0.39 is 10.0 Å². The molecule has 0 saturated carbocycles. The summed E-state index contributed by atoms with van der Waals surface area (Å²) in [6.07, 6.45) is 4.42. The van der Waals surface area contributed by atoms with Crippen molar-refractivity contribution in [3.05, 3.63) is 18.3 Å². The van der Waals surface area contributed by atoms with Crippen LogP contribution in [0.25, 0.3) is 0 Å². The molecule has 0 aromatic carbocycles. The number of hydrogen-bond acceptors (Lipinski definition) is 5. The van der Waals surface area contributed by atoms with Crippen molar-refractivity contribution in [2.45, 2.75) is 36.6 Å². The van der Waals surface area contributed by atoms with Gasteiger partial charge in [0.25, 0.3) is 0 Å². The highest BCUT2D eigenvalue weighted by atomic mass is 32.2. The summed E-state index contributed by atoms with van der Waals surface area (Å²) >= 11 is 0. The van der Waals surface area contributed by atoms with Crippen LogP contribution in [0.1, 0.15) is 25.7 Å². The molecule has 1 aromatic heterocycles. The van der Waals surface area contributed by atoms with Gasteiger partial charge in [-0.2, -0.15) is 4.31 Å². The number of anilines is 1. The first kappa shape index (κ1) is 14.2. The van der Waals surface area contributed by atoms with E-state index in [2.05, 4.69) is 4.98 Å². The van der Waals surface area contributed by atoms with Gasteiger partial charge in [0.1, 0.15) is 5.82 Å². The third-order valence-corrected chi connectivity index (χ3v) is 5.33. The standard InChI is InChI=1S/C12H19N3O3S/c13-12-9-11(5-6-14-12)19(17,18)15-7-1-3-10(15)4-2-8-16/h5-6,9-10,16H,1-4,7-8H2,(H2,13,14). The largest absolute Gasteiger partial charge is 0.396 e. The number of aliphatic hydroxyl groups is 1. The van der Waals surface area contributed by atoms with Crippen molar-refractivity contribution < 1.29 is 13.5 Å². The fourth-order valence-electron chi connectivity index (χ4n) is 2.46. The predicted octanol–water partition coefficient (Wildman–Crippen LogP) is 0.589. The molecule has 2 rings (SSSR count). The van der Waals surface area contributed by atoms with Gasteiger partial charge in [0, 0.05) is 31.5 Å². The first-order chi connectivity index (χ1) is 9.05. The van der Waals surface area contributed by atoms with Crippen LogP contribution >= 0.6 is 0 Å². The van der Waals surface area contributed by atoms with Crippen LogP contribution in [0, 0.1) is 0 Å². The summed E-state index contributed by atoms with van der Waals surface area (Å²) in [4.78, 5) is 4.00. The summed E-state index contributed by atoms with van der Waals surface area (Å²) < 4.78 is 26.6.